The van der Waals surface area contributed by atoms with E-state index in [0.29, 0.717) is 17.8 Å². The van der Waals surface area contributed by atoms with Gasteiger partial charge in [0.05, 0.1) is 6.54 Å². The number of benzene rings is 3. The smallest absolute Gasteiger partial charge is 0.242 e. The molecule has 0 aliphatic heterocycles. The Labute approximate surface area is 200 Å². The van der Waals surface area contributed by atoms with Gasteiger partial charge in [-0.05, 0) is 36.6 Å². The first-order valence-corrected chi connectivity index (χ1v) is 11.3. The molecule has 7 nitrogen and oxygen atoms in total. The van der Waals surface area contributed by atoms with Crippen LogP contribution in [0.25, 0.3) is 0 Å². The lowest BCUT2D eigenvalue weighted by Crippen LogP contribution is -2.46. The third kappa shape index (κ3) is 7.20. The van der Waals surface area contributed by atoms with Crippen LogP contribution in [0.1, 0.15) is 36.0 Å². The summed E-state index contributed by atoms with van der Waals surface area (Å²) in [5.74, 6) is -0.406. The van der Waals surface area contributed by atoms with E-state index in [2.05, 4.69) is 40.2 Å². The van der Waals surface area contributed by atoms with Crippen molar-refractivity contribution in [1.29, 1.82) is 5.41 Å². The number of hydrogen-bond donors (Lipinski definition) is 5. The van der Waals surface area contributed by atoms with E-state index in [1.54, 1.807) is 31.2 Å². The lowest BCUT2D eigenvalue weighted by Gasteiger charge is -2.20. The fraction of sp³-hybridized carbons (Fsp3) is 0.222. The van der Waals surface area contributed by atoms with E-state index in [9.17, 15) is 9.59 Å². The molecule has 176 valence electrons. The lowest BCUT2D eigenvalue weighted by molar-refractivity contribution is -0.127. The van der Waals surface area contributed by atoms with Gasteiger partial charge in [-0.3, -0.25) is 15.0 Å². The first kappa shape index (κ1) is 24.5. The lowest BCUT2D eigenvalue weighted by atomic mass is 9.88. The van der Waals surface area contributed by atoms with Crippen molar-refractivity contribution in [3.8, 4) is 0 Å². The highest BCUT2D eigenvalue weighted by Crippen LogP contribution is 2.27. The number of amidine groups is 1. The highest BCUT2D eigenvalue weighted by atomic mass is 16.2. The van der Waals surface area contributed by atoms with Gasteiger partial charge in [-0.1, -0.05) is 72.8 Å². The highest BCUT2D eigenvalue weighted by molar-refractivity contribution is 5.96. The Morgan fingerprint density at radius 1 is 0.912 bits per heavy atom. The van der Waals surface area contributed by atoms with Crippen LogP contribution in [0.3, 0.4) is 0 Å². The molecule has 3 aromatic carbocycles. The van der Waals surface area contributed by atoms with Crippen LogP contribution >= 0.6 is 0 Å². The maximum atomic E-state index is 12.5. The van der Waals surface area contributed by atoms with E-state index < -0.39 is 6.04 Å². The standard InChI is InChI=1S/C27H31N5O2/c1-19(32-25(33)18-31-23-14-8-13-22(17-23)26(28)29)27(34)30-16-15-24(20-9-4-2-5-10-20)21-11-6-3-7-12-21/h2-14,17,19,24,31H,15-16,18H2,1H3,(H3,28,29)(H,30,34)(H,32,33). The minimum absolute atomic E-state index is 0.00304. The van der Waals surface area contributed by atoms with Gasteiger partial charge in [0.2, 0.25) is 11.8 Å². The van der Waals surface area contributed by atoms with Crippen molar-refractivity contribution in [2.45, 2.75) is 25.3 Å². The molecule has 0 heterocycles. The third-order valence-electron chi connectivity index (χ3n) is 5.53. The summed E-state index contributed by atoms with van der Waals surface area (Å²) in [6.07, 6.45) is 0.745. The maximum Gasteiger partial charge on any atom is 0.242 e. The molecule has 34 heavy (non-hydrogen) atoms. The molecule has 0 bridgehead atoms. The summed E-state index contributed by atoms with van der Waals surface area (Å²) in [6, 6.07) is 26.8. The summed E-state index contributed by atoms with van der Waals surface area (Å²) >= 11 is 0. The minimum Gasteiger partial charge on any atom is -0.384 e. The Morgan fingerprint density at radius 2 is 1.53 bits per heavy atom. The molecule has 1 unspecified atom stereocenters. The number of nitrogens with one attached hydrogen (secondary N) is 4. The molecule has 2 amide bonds. The van der Waals surface area contributed by atoms with Gasteiger partial charge in [-0.15, -0.1) is 0 Å². The van der Waals surface area contributed by atoms with Crippen LogP contribution in [0.2, 0.25) is 0 Å². The van der Waals surface area contributed by atoms with Gasteiger partial charge in [-0.2, -0.15) is 0 Å². The molecule has 1 atom stereocenters. The second-order valence-corrected chi connectivity index (χ2v) is 8.09. The van der Waals surface area contributed by atoms with Crippen LogP contribution in [-0.4, -0.2) is 36.8 Å². The van der Waals surface area contributed by atoms with E-state index in [1.165, 1.54) is 11.1 Å². The Balaban J connectivity index is 1.47. The van der Waals surface area contributed by atoms with E-state index >= 15 is 0 Å². The molecule has 0 radical (unpaired) electrons. The van der Waals surface area contributed by atoms with Crippen LogP contribution in [-0.2, 0) is 9.59 Å². The molecule has 0 spiro atoms. The number of anilines is 1. The molecule has 0 aliphatic carbocycles. The van der Waals surface area contributed by atoms with Gasteiger partial charge in [0, 0.05) is 23.7 Å². The molecule has 3 aromatic rings. The van der Waals surface area contributed by atoms with Gasteiger partial charge in [0.25, 0.3) is 0 Å². The van der Waals surface area contributed by atoms with Gasteiger partial charge in [-0.25, -0.2) is 0 Å². The number of carbonyl (C=O) groups is 2. The fourth-order valence-electron chi connectivity index (χ4n) is 3.73. The SMILES string of the molecule is CC(NC(=O)CNc1cccc(C(=N)N)c1)C(=O)NCCC(c1ccccc1)c1ccccc1. The van der Waals surface area contributed by atoms with E-state index in [0.717, 1.165) is 6.42 Å². The Bertz CT molecular complexity index is 1060. The maximum absolute atomic E-state index is 12.5. The van der Waals surface area contributed by atoms with Crippen molar-refractivity contribution in [3.63, 3.8) is 0 Å². The molecular weight excluding hydrogens is 426 g/mol. The van der Waals surface area contributed by atoms with Crippen molar-refractivity contribution >= 4 is 23.3 Å². The predicted octanol–water partition coefficient (Wildman–Crippen LogP) is 3.23. The summed E-state index contributed by atoms with van der Waals surface area (Å²) in [7, 11) is 0. The molecule has 7 heteroatoms. The van der Waals surface area contributed by atoms with Gasteiger partial charge in [0.15, 0.2) is 0 Å². The topological polar surface area (TPSA) is 120 Å². The number of amides is 2. The second kappa shape index (κ2) is 12.2. The van der Waals surface area contributed by atoms with Crippen molar-refractivity contribution < 1.29 is 9.59 Å². The molecule has 0 saturated heterocycles. The fourth-order valence-corrected chi connectivity index (χ4v) is 3.73. The Hall–Kier alpha value is -4.13. The predicted molar refractivity (Wildman–Crippen MR) is 136 cm³/mol. The van der Waals surface area contributed by atoms with Crippen molar-refractivity contribution in [2.24, 2.45) is 5.73 Å². The molecule has 0 aromatic heterocycles. The number of nitrogen functional groups attached to an aromatic ring is 1. The van der Waals surface area contributed by atoms with Gasteiger partial charge < -0.3 is 21.7 Å². The molecular formula is C27H31N5O2. The summed E-state index contributed by atoms with van der Waals surface area (Å²) in [6.45, 7) is 2.15. The van der Waals surface area contributed by atoms with Crippen LogP contribution in [0.15, 0.2) is 84.9 Å². The number of hydrogen-bond acceptors (Lipinski definition) is 4. The minimum atomic E-state index is -0.662. The van der Waals surface area contributed by atoms with Crippen molar-refractivity contribution in [2.75, 3.05) is 18.4 Å². The van der Waals surface area contributed by atoms with Gasteiger partial charge >= 0.3 is 0 Å². The second-order valence-electron chi connectivity index (χ2n) is 8.09. The summed E-state index contributed by atoms with van der Waals surface area (Å²) in [5, 5.41) is 16.1. The normalized spacial score (nSPS) is 11.5. The summed E-state index contributed by atoms with van der Waals surface area (Å²) in [5.41, 5.74) is 9.14. The summed E-state index contributed by atoms with van der Waals surface area (Å²) < 4.78 is 0. The number of carbonyl (C=O) groups excluding carboxylic acids is 2. The van der Waals surface area contributed by atoms with E-state index in [-0.39, 0.29) is 30.1 Å². The molecule has 0 saturated carbocycles. The largest absolute Gasteiger partial charge is 0.384 e. The first-order valence-electron chi connectivity index (χ1n) is 11.3. The average Bonchev–Trinajstić information content (AvgIpc) is 2.86. The number of rotatable bonds is 11. The quantitative estimate of drug-likeness (QED) is 0.224. The highest BCUT2D eigenvalue weighted by Gasteiger charge is 2.17. The molecule has 6 N–H and O–H groups in total. The zero-order chi connectivity index (χ0) is 24.3. The molecule has 0 aliphatic rings. The first-order chi connectivity index (χ1) is 16.4. The van der Waals surface area contributed by atoms with E-state index in [1.807, 2.05) is 36.4 Å². The zero-order valence-electron chi connectivity index (χ0n) is 19.3. The summed E-state index contributed by atoms with van der Waals surface area (Å²) in [4.78, 5) is 24.8. The number of nitrogens with two attached hydrogens (primary N) is 1. The molecule has 3 rings (SSSR count). The third-order valence-corrected chi connectivity index (χ3v) is 5.53. The van der Waals surface area contributed by atoms with Gasteiger partial charge in [0.1, 0.15) is 11.9 Å². The van der Waals surface area contributed by atoms with Crippen molar-refractivity contribution in [1.82, 2.24) is 10.6 Å². The van der Waals surface area contributed by atoms with Crippen LogP contribution in [0.5, 0.6) is 0 Å². The van der Waals surface area contributed by atoms with Crippen molar-refractivity contribution in [3.05, 3.63) is 102 Å². The monoisotopic (exact) mass is 457 g/mol. The van der Waals surface area contributed by atoms with Crippen LogP contribution in [0, 0.1) is 5.41 Å². The van der Waals surface area contributed by atoms with Crippen LogP contribution in [0.4, 0.5) is 5.69 Å². The van der Waals surface area contributed by atoms with Crippen LogP contribution < -0.4 is 21.7 Å². The van der Waals surface area contributed by atoms with E-state index in [4.69, 9.17) is 11.1 Å². The molecule has 0 fully saturated rings. The average molecular weight is 458 g/mol. The Morgan fingerprint density at radius 3 is 2.12 bits per heavy atom. The Kier molecular flexibility index (Phi) is 8.80. The zero-order valence-corrected chi connectivity index (χ0v) is 19.3.